The molecule has 41 heavy (non-hydrogen) atoms. The molecule has 2 aliphatic heterocycles. The molecular weight excluding hydrogens is 546 g/mol. The van der Waals surface area contributed by atoms with Crippen LogP contribution in [0, 0.1) is 6.92 Å². The number of rotatable bonds is 5. The van der Waals surface area contributed by atoms with Crippen molar-refractivity contribution in [1.82, 2.24) is 23.6 Å². The summed E-state index contributed by atoms with van der Waals surface area (Å²) in [6.45, 7) is 4.26. The van der Waals surface area contributed by atoms with Crippen molar-refractivity contribution in [3.63, 3.8) is 0 Å². The van der Waals surface area contributed by atoms with Gasteiger partial charge >= 0.3 is 5.69 Å². The number of imidazole rings is 1. The molecule has 6 rings (SSSR count). The highest BCUT2D eigenvalue weighted by atomic mass is 35.5. The van der Waals surface area contributed by atoms with Crippen LogP contribution in [0.1, 0.15) is 17.5 Å². The molecule has 0 N–H and O–H groups in total. The third-order valence-corrected chi connectivity index (χ3v) is 8.50. The highest BCUT2D eigenvalue weighted by Gasteiger charge is 2.44. The summed E-state index contributed by atoms with van der Waals surface area (Å²) in [6, 6.07) is 14.3. The maximum absolute atomic E-state index is 13.4. The smallest absolute Gasteiger partial charge is 0.332 e. The van der Waals surface area contributed by atoms with Crippen LogP contribution in [0.25, 0.3) is 11.2 Å². The second kappa shape index (κ2) is 10.3. The van der Waals surface area contributed by atoms with Crippen molar-refractivity contribution in [1.29, 1.82) is 0 Å². The third kappa shape index (κ3) is 4.45. The lowest BCUT2D eigenvalue weighted by atomic mass is 10.1. The number of piperazine rings is 1. The molecule has 2 aromatic heterocycles. The first-order chi connectivity index (χ1) is 19.7. The Hall–Kier alpha value is -4.22. The molecule has 12 heteroatoms. The fraction of sp³-hybridized carbons (Fsp3) is 0.345. The van der Waals surface area contributed by atoms with Crippen molar-refractivity contribution in [2.45, 2.75) is 25.9 Å². The minimum atomic E-state index is -0.528. The number of imide groups is 1. The molecule has 1 unspecified atom stereocenters. The molecular formula is C29H30ClN7O4. The number of fused-ring (bicyclic) bond motifs is 1. The number of benzene rings is 2. The van der Waals surface area contributed by atoms with E-state index in [4.69, 9.17) is 16.6 Å². The number of nitrogens with zero attached hydrogens (tertiary/aromatic N) is 7. The predicted octanol–water partition coefficient (Wildman–Crippen LogP) is 1.90. The third-order valence-electron chi connectivity index (χ3n) is 8.13. The fourth-order valence-electron chi connectivity index (χ4n) is 5.83. The highest BCUT2D eigenvalue weighted by molar-refractivity contribution is 6.31. The molecule has 0 aliphatic carbocycles. The van der Waals surface area contributed by atoms with Crippen LogP contribution >= 0.6 is 11.6 Å². The molecule has 212 valence electrons. The van der Waals surface area contributed by atoms with Crippen LogP contribution in [0.5, 0.6) is 0 Å². The molecule has 1 atom stereocenters. The molecule has 0 spiro atoms. The van der Waals surface area contributed by atoms with Crippen molar-refractivity contribution in [3.05, 3.63) is 85.5 Å². The van der Waals surface area contributed by atoms with Gasteiger partial charge in [0.25, 0.3) is 11.5 Å². The van der Waals surface area contributed by atoms with Gasteiger partial charge in [-0.05, 0) is 30.2 Å². The van der Waals surface area contributed by atoms with Crippen LogP contribution in [0.15, 0.2) is 58.1 Å². The highest BCUT2D eigenvalue weighted by Crippen LogP contribution is 2.30. The second-order valence-corrected chi connectivity index (χ2v) is 11.0. The van der Waals surface area contributed by atoms with Crippen LogP contribution in [-0.4, -0.2) is 67.6 Å². The quantitative estimate of drug-likeness (QED) is 0.335. The number of amides is 2. The molecule has 2 amide bonds. The summed E-state index contributed by atoms with van der Waals surface area (Å²) in [5.74, 6) is 0.144. The van der Waals surface area contributed by atoms with E-state index in [2.05, 4.69) is 4.90 Å². The van der Waals surface area contributed by atoms with E-state index in [0.717, 1.165) is 15.7 Å². The number of hydrogen-bond acceptors (Lipinski definition) is 7. The van der Waals surface area contributed by atoms with Crippen molar-refractivity contribution in [2.24, 2.45) is 14.1 Å². The fourth-order valence-corrected chi connectivity index (χ4v) is 6.02. The van der Waals surface area contributed by atoms with Crippen LogP contribution in [0.2, 0.25) is 5.02 Å². The first-order valence-corrected chi connectivity index (χ1v) is 13.9. The first kappa shape index (κ1) is 27.0. The zero-order valence-corrected chi connectivity index (χ0v) is 23.8. The Labute approximate surface area is 240 Å². The van der Waals surface area contributed by atoms with Crippen LogP contribution in [-0.2, 0) is 30.2 Å². The Balaban J connectivity index is 1.31. The summed E-state index contributed by atoms with van der Waals surface area (Å²) in [4.78, 5) is 62.5. The number of anilines is 2. The Bertz CT molecular complexity index is 1820. The Kier molecular flexibility index (Phi) is 6.79. The van der Waals surface area contributed by atoms with Crippen LogP contribution in [0.3, 0.4) is 0 Å². The Morgan fingerprint density at radius 3 is 2.29 bits per heavy atom. The number of para-hydroxylation sites is 1. The summed E-state index contributed by atoms with van der Waals surface area (Å²) in [5, 5.41) is 0.564. The lowest BCUT2D eigenvalue weighted by Gasteiger charge is -2.37. The molecule has 0 saturated carbocycles. The molecule has 2 aromatic carbocycles. The predicted molar refractivity (Wildman–Crippen MR) is 157 cm³/mol. The van der Waals surface area contributed by atoms with E-state index in [1.165, 1.54) is 16.5 Å². The van der Waals surface area contributed by atoms with Gasteiger partial charge in [-0.25, -0.2) is 9.69 Å². The lowest BCUT2D eigenvalue weighted by Crippen LogP contribution is -2.53. The molecule has 2 fully saturated rings. The topological polar surface area (TPSA) is 106 Å². The minimum Gasteiger partial charge on any atom is -0.340 e. The van der Waals surface area contributed by atoms with Crippen LogP contribution < -0.4 is 21.0 Å². The Morgan fingerprint density at radius 2 is 1.59 bits per heavy atom. The zero-order chi connectivity index (χ0) is 29.0. The molecule has 4 heterocycles. The Morgan fingerprint density at radius 1 is 0.902 bits per heavy atom. The van der Waals surface area contributed by atoms with Gasteiger partial charge in [-0.1, -0.05) is 48.0 Å². The van der Waals surface area contributed by atoms with E-state index in [1.54, 1.807) is 19.2 Å². The average Bonchev–Trinajstić information content (AvgIpc) is 3.49. The molecule has 2 saturated heterocycles. The second-order valence-electron chi connectivity index (χ2n) is 10.6. The summed E-state index contributed by atoms with van der Waals surface area (Å²) in [5.41, 5.74) is 2.05. The SMILES string of the molecule is Cc1ccccc1N1C(=O)CC(N2CCN(c3nc4c(c(=O)n(C)c(=O)n4C)n3Cc3ccccc3Cl)CC2)C1=O. The van der Waals surface area contributed by atoms with Gasteiger partial charge in [0.1, 0.15) is 0 Å². The van der Waals surface area contributed by atoms with E-state index in [1.807, 2.05) is 52.8 Å². The van der Waals surface area contributed by atoms with Crippen molar-refractivity contribution >= 4 is 46.2 Å². The van der Waals surface area contributed by atoms with E-state index in [-0.39, 0.29) is 18.2 Å². The normalized spacial score (nSPS) is 18.2. The van der Waals surface area contributed by atoms with Gasteiger partial charge in [0, 0.05) is 45.3 Å². The average molecular weight is 576 g/mol. The lowest BCUT2D eigenvalue weighted by molar-refractivity contribution is -0.123. The van der Waals surface area contributed by atoms with Crippen molar-refractivity contribution < 1.29 is 9.59 Å². The van der Waals surface area contributed by atoms with Crippen LogP contribution in [0.4, 0.5) is 11.6 Å². The molecule has 0 bridgehead atoms. The van der Waals surface area contributed by atoms with Gasteiger partial charge in [-0.2, -0.15) is 4.98 Å². The monoisotopic (exact) mass is 575 g/mol. The molecule has 4 aromatic rings. The number of hydrogen-bond donors (Lipinski definition) is 0. The first-order valence-electron chi connectivity index (χ1n) is 13.5. The standard InChI is InChI=1S/C29H30ClN7O4/c1-18-8-4-7-11-21(18)37-23(38)16-22(26(37)39)34-12-14-35(15-13-34)28-31-25-24(27(40)33(3)29(41)32(25)2)36(28)17-19-9-5-6-10-20(19)30/h4-11,22H,12-17H2,1-3H3. The maximum atomic E-state index is 13.4. The van der Waals surface area contributed by atoms with Gasteiger partial charge in [0.15, 0.2) is 11.2 Å². The van der Waals surface area contributed by atoms with Gasteiger partial charge in [-0.3, -0.25) is 33.0 Å². The zero-order valence-electron chi connectivity index (χ0n) is 23.1. The summed E-state index contributed by atoms with van der Waals surface area (Å²) < 4.78 is 4.28. The van der Waals surface area contributed by atoms with Crippen molar-refractivity contribution in [3.8, 4) is 0 Å². The molecule has 0 radical (unpaired) electrons. The van der Waals surface area contributed by atoms with Gasteiger partial charge in [-0.15, -0.1) is 0 Å². The minimum absolute atomic E-state index is 0.135. The van der Waals surface area contributed by atoms with Gasteiger partial charge < -0.3 is 4.90 Å². The number of halogens is 1. The summed E-state index contributed by atoms with van der Waals surface area (Å²) >= 11 is 6.49. The molecule has 11 nitrogen and oxygen atoms in total. The van der Waals surface area contributed by atoms with E-state index >= 15 is 0 Å². The van der Waals surface area contributed by atoms with E-state index in [0.29, 0.717) is 60.5 Å². The number of carbonyl (C=O) groups excluding carboxylic acids is 2. The summed E-state index contributed by atoms with van der Waals surface area (Å²) in [7, 11) is 3.05. The number of aromatic nitrogens is 4. The maximum Gasteiger partial charge on any atom is 0.332 e. The van der Waals surface area contributed by atoms with Gasteiger partial charge in [0.2, 0.25) is 11.9 Å². The number of aryl methyl sites for hydroxylation is 2. The van der Waals surface area contributed by atoms with E-state index < -0.39 is 17.3 Å². The summed E-state index contributed by atoms with van der Waals surface area (Å²) in [6.07, 6.45) is 0.135. The number of carbonyl (C=O) groups is 2. The van der Waals surface area contributed by atoms with Crippen molar-refractivity contribution in [2.75, 3.05) is 36.0 Å². The van der Waals surface area contributed by atoms with E-state index in [9.17, 15) is 19.2 Å². The van der Waals surface area contributed by atoms with Gasteiger partial charge in [0.05, 0.1) is 24.7 Å². The largest absolute Gasteiger partial charge is 0.340 e. The molecule has 2 aliphatic rings.